The number of anilines is 1. The molecule has 0 atom stereocenters. The van der Waals surface area contributed by atoms with Gasteiger partial charge in [0.1, 0.15) is 0 Å². The molecule has 0 radical (unpaired) electrons. The second-order valence-corrected chi connectivity index (χ2v) is 5.29. The van der Waals surface area contributed by atoms with Gasteiger partial charge in [-0.3, -0.25) is 4.79 Å². The Hall–Kier alpha value is -2.28. The highest BCUT2D eigenvalue weighted by Crippen LogP contribution is 2.49. The van der Waals surface area contributed by atoms with E-state index in [-0.39, 0.29) is 11.3 Å². The van der Waals surface area contributed by atoms with Crippen LogP contribution in [0.4, 0.5) is 5.69 Å². The minimum Gasteiger partial charge on any atom is -0.385 e. The zero-order valence-corrected chi connectivity index (χ0v) is 11.8. The van der Waals surface area contributed by atoms with E-state index in [9.17, 15) is 4.79 Å². The lowest BCUT2D eigenvalue weighted by Gasteiger charge is -2.15. The molecular weight excluding hydrogens is 270 g/mol. The van der Waals surface area contributed by atoms with Crippen molar-refractivity contribution in [3.63, 3.8) is 0 Å². The maximum absolute atomic E-state index is 12.4. The van der Waals surface area contributed by atoms with Crippen LogP contribution in [-0.2, 0) is 9.53 Å². The number of amides is 1. The smallest absolute Gasteiger partial charge is 0.230 e. The van der Waals surface area contributed by atoms with Crippen LogP contribution in [-0.4, -0.2) is 40.2 Å². The zero-order valence-electron chi connectivity index (χ0n) is 11.8. The summed E-state index contributed by atoms with van der Waals surface area (Å²) in [6, 6.07) is 7.43. The van der Waals surface area contributed by atoms with E-state index in [1.54, 1.807) is 7.11 Å². The molecular formula is C14H17N5O2. The van der Waals surface area contributed by atoms with Gasteiger partial charge >= 0.3 is 0 Å². The SMILES string of the molecule is COCCC1(C(=O)Nc2cccc(-c3nn[nH]n3)c2)CC1. The molecule has 1 amide bonds. The molecule has 2 aromatic rings. The fraction of sp³-hybridized carbons (Fsp3) is 0.429. The van der Waals surface area contributed by atoms with Crippen molar-refractivity contribution in [2.24, 2.45) is 5.41 Å². The Morgan fingerprint density at radius 2 is 2.33 bits per heavy atom. The molecule has 1 heterocycles. The molecule has 7 nitrogen and oxygen atoms in total. The first-order valence-corrected chi connectivity index (χ1v) is 6.88. The summed E-state index contributed by atoms with van der Waals surface area (Å²) in [4.78, 5) is 12.4. The van der Waals surface area contributed by atoms with Gasteiger partial charge in [0.2, 0.25) is 11.7 Å². The Labute approximate surface area is 122 Å². The molecule has 1 aliphatic rings. The summed E-state index contributed by atoms with van der Waals surface area (Å²) in [5, 5.41) is 16.8. The van der Waals surface area contributed by atoms with Crippen molar-refractivity contribution < 1.29 is 9.53 Å². The van der Waals surface area contributed by atoms with Gasteiger partial charge in [0.15, 0.2) is 0 Å². The highest BCUT2D eigenvalue weighted by atomic mass is 16.5. The molecule has 21 heavy (non-hydrogen) atoms. The number of hydrogen-bond acceptors (Lipinski definition) is 5. The van der Waals surface area contributed by atoms with Crippen LogP contribution < -0.4 is 5.32 Å². The molecule has 7 heteroatoms. The van der Waals surface area contributed by atoms with Crippen LogP contribution in [0.2, 0.25) is 0 Å². The molecule has 1 aliphatic carbocycles. The number of carbonyl (C=O) groups is 1. The number of hydrogen-bond donors (Lipinski definition) is 2. The van der Waals surface area contributed by atoms with Gasteiger partial charge in [-0.25, -0.2) is 0 Å². The molecule has 0 saturated heterocycles. The summed E-state index contributed by atoms with van der Waals surface area (Å²) in [7, 11) is 1.66. The second-order valence-electron chi connectivity index (χ2n) is 5.29. The molecule has 1 aromatic heterocycles. The van der Waals surface area contributed by atoms with Crippen molar-refractivity contribution in [3.05, 3.63) is 24.3 Å². The number of ether oxygens (including phenoxy) is 1. The third-order valence-electron chi connectivity index (χ3n) is 3.84. The number of benzene rings is 1. The van der Waals surface area contributed by atoms with E-state index in [2.05, 4.69) is 25.9 Å². The van der Waals surface area contributed by atoms with Crippen molar-refractivity contribution >= 4 is 11.6 Å². The summed E-state index contributed by atoms with van der Waals surface area (Å²) in [5.41, 5.74) is 1.30. The third kappa shape index (κ3) is 2.92. The summed E-state index contributed by atoms with van der Waals surface area (Å²) >= 11 is 0. The van der Waals surface area contributed by atoms with Gasteiger partial charge in [0.25, 0.3) is 0 Å². The number of carbonyl (C=O) groups excluding carboxylic acids is 1. The van der Waals surface area contributed by atoms with E-state index in [1.807, 2.05) is 24.3 Å². The molecule has 3 rings (SSSR count). The van der Waals surface area contributed by atoms with Crippen LogP contribution in [0.5, 0.6) is 0 Å². The van der Waals surface area contributed by atoms with Crippen molar-refractivity contribution in [1.82, 2.24) is 20.6 Å². The van der Waals surface area contributed by atoms with E-state index in [1.165, 1.54) is 0 Å². The highest BCUT2D eigenvalue weighted by molar-refractivity contribution is 5.97. The lowest BCUT2D eigenvalue weighted by Crippen LogP contribution is -2.25. The Bertz CT molecular complexity index is 622. The second kappa shape index (κ2) is 5.61. The Balaban J connectivity index is 1.71. The molecule has 110 valence electrons. The van der Waals surface area contributed by atoms with E-state index < -0.39 is 0 Å². The average Bonchev–Trinajstić information content (AvgIpc) is 3.09. The van der Waals surface area contributed by atoms with Gasteiger partial charge in [-0.2, -0.15) is 5.21 Å². The topological polar surface area (TPSA) is 92.8 Å². The minimum absolute atomic E-state index is 0.0600. The average molecular weight is 287 g/mol. The first-order chi connectivity index (χ1) is 10.2. The van der Waals surface area contributed by atoms with Crippen LogP contribution in [0, 0.1) is 5.41 Å². The normalized spacial score (nSPS) is 15.7. The first-order valence-electron chi connectivity index (χ1n) is 6.88. The number of nitrogens with zero attached hydrogens (tertiary/aromatic N) is 3. The van der Waals surface area contributed by atoms with Crippen LogP contribution in [0.1, 0.15) is 19.3 Å². The van der Waals surface area contributed by atoms with Gasteiger partial charge < -0.3 is 10.1 Å². The molecule has 1 saturated carbocycles. The van der Waals surface area contributed by atoms with Crippen molar-refractivity contribution in [2.45, 2.75) is 19.3 Å². The lowest BCUT2D eigenvalue weighted by molar-refractivity contribution is -0.121. The number of tetrazole rings is 1. The summed E-state index contributed by atoms with van der Waals surface area (Å²) in [6.07, 6.45) is 2.61. The standard InChI is InChI=1S/C14H17N5O2/c1-21-8-7-14(5-6-14)13(20)15-11-4-2-3-10(9-11)12-16-18-19-17-12/h2-4,9H,5-8H2,1H3,(H,15,20)(H,16,17,18,19). The number of methoxy groups -OCH3 is 1. The minimum atomic E-state index is -0.252. The van der Waals surface area contributed by atoms with Gasteiger partial charge in [-0.05, 0) is 36.6 Å². The summed E-state index contributed by atoms with van der Waals surface area (Å²) in [6.45, 7) is 0.607. The predicted molar refractivity (Wildman–Crippen MR) is 76.4 cm³/mol. The molecule has 0 spiro atoms. The van der Waals surface area contributed by atoms with Crippen LogP contribution in [0.3, 0.4) is 0 Å². The molecule has 0 unspecified atom stereocenters. The monoisotopic (exact) mass is 287 g/mol. The fourth-order valence-electron chi connectivity index (χ4n) is 2.32. The third-order valence-corrected chi connectivity index (χ3v) is 3.84. The van der Waals surface area contributed by atoms with E-state index in [0.29, 0.717) is 12.4 Å². The quantitative estimate of drug-likeness (QED) is 0.842. The summed E-state index contributed by atoms with van der Waals surface area (Å²) < 4.78 is 5.08. The fourth-order valence-corrected chi connectivity index (χ4v) is 2.32. The van der Waals surface area contributed by atoms with Gasteiger partial charge in [0, 0.05) is 25.0 Å². The molecule has 0 aliphatic heterocycles. The Morgan fingerprint density at radius 1 is 1.48 bits per heavy atom. The van der Waals surface area contributed by atoms with Crippen molar-refractivity contribution in [2.75, 3.05) is 19.0 Å². The number of nitrogens with one attached hydrogen (secondary N) is 2. The van der Waals surface area contributed by atoms with Crippen molar-refractivity contribution in [1.29, 1.82) is 0 Å². The molecule has 0 bridgehead atoms. The van der Waals surface area contributed by atoms with Gasteiger partial charge in [-0.15, -0.1) is 10.2 Å². The number of H-pyrrole nitrogens is 1. The molecule has 2 N–H and O–H groups in total. The summed E-state index contributed by atoms with van der Waals surface area (Å²) in [5.74, 6) is 0.566. The van der Waals surface area contributed by atoms with Gasteiger partial charge in [-0.1, -0.05) is 12.1 Å². The van der Waals surface area contributed by atoms with E-state index in [4.69, 9.17) is 4.74 Å². The number of rotatable bonds is 6. The molecule has 1 fully saturated rings. The van der Waals surface area contributed by atoms with E-state index >= 15 is 0 Å². The van der Waals surface area contributed by atoms with Crippen LogP contribution >= 0.6 is 0 Å². The number of aromatic nitrogens is 4. The predicted octanol–water partition coefficient (Wildman–Crippen LogP) is 1.62. The Kier molecular flexibility index (Phi) is 3.66. The molecule has 1 aromatic carbocycles. The van der Waals surface area contributed by atoms with Crippen molar-refractivity contribution in [3.8, 4) is 11.4 Å². The van der Waals surface area contributed by atoms with Crippen LogP contribution in [0.25, 0.3) is 11.4 Å². The largest absolute Gasteiger partial charge is 0.385 e. The Morgan fingerprint density at radius 3 is 3.00 bits per heavy atom. The van der Waals surface area contributed by atoms with Gasteiger partial charge in [0.05, 0.1) is 5.41 Å². The van der Waals surface area contributed by atoms with Crippen LogP contribution in [0.15, 0.2) is 24.3 Å². The number of aromatic amines is 1. The maximum Gasteiger partial charge on any atom is 0.230 e. The highest BCUT2D eigenvalue weighted by Gasteiger charge is 2.49. The first kappa shape index (κ1) is 13.7. The van der Waals surface area contributed by atoms with E-state index in [0.717, 1.165) is 30.5 Å². The zero-order chi connectivity index (χ0) is 14.7. The maximum atomic E-state index is 12.4. The lowest BCUT2D eigenvalue weighted by atomic mass is 10.0.